The van der Waals surface area contributed by atoms with Gasteiger partial charge in [0.25, 0.3) is 0 Å². The molecule has 0 rings (SSSR count). The molecule has 0 aromatic carbocycles. The molecule has 0 aromatic rings. The number of carboxylic acids is 1. The molecule has 0 heterocycles. The molecule has 0 radical (unpaired) electrons. The molecule has 4 nitrogen and oxygen atoms in total. The molecule has 4 heteroatoms. The molecule has 0 aliphatic rings. The lowest BCUT2D eigenvalue weighted by Gasteiger charge is -2.28. The maximum atomic E-state index is 11.0. The van der Waals surface area contributed by atoms with E-state index in [1.807, 2.05) is 13.8 Å². The van der Waals surface area contributed by atoms with Gasteiger partial charge >= 0.3 is 5.97 Å². The van der Waals surface area contributed by atoms with Gasteiger partial charge in [-0.25, -0.2) is 0 Å². The van der Waals surface area contributed by atoms with E-state index in [-0.39, 0.29) is 12.6 Å². The molecule has 0 fully saturated rings. The molecule has 78 valence electrons. The van der Waals surface area contributed by atoms with Crippen molar-refractivity contribution in [1.82, 2.24) is 0 Å². The van der Waals surface area contributed by atoms with Gasteiger partial charge in [0.2, 0.25) is 0 Å². The summed E-state index contributed by atoms with van der Waals surface area (Å²) in [6.07, 6.45) is 0.929. The van der Waals surface area contributed by atoms with Crippen molar-refractivity contribution in [3.8, 4) is 0 Å². The molecular formula is C9H19NO3. The summed E-state index contributed by atoms with van der Waals surface area (Å²) in [5.74, 6) is -0.832. The summed E-state index contributed by atoms with van der Waals surface area (Å²) in [6, 6.07) is 0. The fourth-order valence-corrected chi connectivity index (χ4v) is 1.33. The minimum absolute atomic E-state index is 0.0698. The molecule has 0 amide bonds. The number of carboxylic acid groups (broad SMARTS) is 1. The Kier molecular flexibility index (Phi) is 4.95. The molecule has 0 aliphatic carbocycles. The Morgan fingerprint density at radius 1 is 1.69 bits per heavy atom. The molecule has 2 atom stereocenters. The van der Waals surface area contributed by atoms with Gasteiger partial charge in [0.15, 0.2) is 0 Å². The number of rotatable bonds is 6. The van der Waals surface area contributed by atoms with Gasteiger partial charge in [-0.3, -0.25) is 4.79 Å². The van der Waals surface area contributed by atoms with Gasteiger partial charge in [0, 0.05) is 13.7 Å². The first-order valence-electron chi connectivity index (χ1n) is 4.48. The third-order valence-corrected chi connectivity index (χ3v) is 2.60. The van der Waals surface area contributed by atoms with Crippen LogP contribution in [-0.4, -0.2) is 30.8 Å². The Hall–Kier alpha value is -0.610. The first-order valence-corrected chi connectivity index (χ1v) is 4.48. The van der Waals surface area contributed by atoms with Crippen molar-refractivity contribution in [2.24, 2.45) is 11.1 Å². The summed E-state index contributed by atoms with van der Waals surface area (Å²) >= 11 is 0. The van der Waals surface area contributed by atoms with E-state index in [1.165, 1.54) is 0 Å². The third-order valence-electron chi connectivity index (χ3n) is 2.60. The Balaban J connectivity index is 4.48. The number of nitrogens with two attached hydrogens (primary N) is 1. The maximum absolute atomic E-state index is 11.0. The van der Waals surface area contributed by atoms with E-state index in [0.29, 0.717) is 12.8 Å². The van der Waals surface area contributed by atoms with Crippen LogP contribution in [0.3, 0.4) is 0 Å². The number of hydrogen-bond acceptors (Lipinski definition) is 3. The fraction of sp³-hybridized carbons (Fsp3) is 0.889. The molecule has 0 bridgehead atoms. The first-order chi connectivity index (χ1) is 6.02. The third kappa shape index (κ3) is 2.97. The highest BCUT2D eigenvalue weighted by Gasteiger charge is 2.36. The van der Waals surface area contributed by atoms with Crippen LogP contribution in [-0.2, 0) is 9.53 Å². The number of methoxy groups -OCH3 is 1. The van der Waals surface area contributed by atoms with Crippen LogP contribution in [0.1, 0.15) is 26.7 Å². The van der Waals surface area contributed by atoms with E-state index in [9.17, 15) is 4.79 Å². The Morgan fingerprint density at radius 3 is 2.46 bits per heavy atom. The number of hydrogen-bond donors (Lipinski definition) is 2. The molecule has 2 unspecified atom stereocenters. The van der Waals surface area contributed by atoms with Crippen molar-refractivity contribution in [1.29, 1.82) is 0 Å². The standard InChI is InChI=1S/C9H19NO3/c1-4-9(6-10,8(11)12)5-7(2)13-3/h7H,4-6,10H2,1-3H3,(H,11,12). The Labute approximate surface area is 79.1 Å². The number of carbonyl (C=O) groups is 1. The topological polar surface area (TPSA) is 72.5 Å². The van der Waals surface area contributed by atoms with Crippen molar-refractivity contribution >= 4 is 5.97 Å². The summed E-state index contributed by atoms with van der Waals surface area (Å²) in [5, 5.41) is 9.03. The van der Waals surface area contributed by atoms with Crippen LogP contribution < -0.4 is 5.73 Å². The van der Waals surface area contributed by atoms with E-state index >= 15 is 0 Å². The first kappa shape index (κ1) is 12.4. The van der Waals surface area contributed by atoms with Crippen molar-refractivity contribution in [2.75, 3.05) is 13.7 Å². The monoisotopic (exact) mass is 189 g/mol. The molecule has 0 aromatic heterocycles. The normalized spacial score (nSPS) is 17.8. The minimum Gasteiger partial charge on any atom is -0.481 e. The van der Waals surface area contributed by atoms with Crippen molar-refractivity contribution in [3.05, 3.63) is 0 Å². The van der Waals surface area contributed by atoms with Crippen molar-refractivity contribution < 1.29 is 14.6 Å². The summed E-state index contributed by atoms with van der Waals surface area (Å²) in [5.41, 5.74) is 4.66. The van der Waals surface area contributed by atoms with Gasteiger partial charge in [-0.2, -0.15) is 0 Å². The van der Waals surface area contributed by atoms with E-state index in [0.717, 1.165) is 0 Å². The smallest absolute Gasteiger partial charge is 0.311 e. The molecule has 0 saturated carbocycles. The van der Waals surface area contributed by atoms with E-state index in [4.69, 9.17) is 15.6 Å². The predicted octanol–water partition coefficient (Wildman–Crippen LogP) is 0.851. The van der Waals surface area contributed by atoms with Crippen molar-refractivity contribution in [3.63, 3.8) is 0 Å². The van der Waals surface area contributed by atoms with Gasteiger partial charge in [-0.05, 0) is 19.8 Å². The minimum atomic E-state index is -0.832. The SMILES string of the molecule is CCC(CN)(CC(C)OC)C(=O)O. The Bertz CT molecular complexity index is 166. The summed E-state index contributed by atoms with van der Waals surface area (Å²) in [7, 11) is 1.57. The van der Waals surface area contributed by atoms with Crippen LogP contribution in [0.5, 0.6) is 0 Å². The highest BCUT2D eigenvalue weighted by Crippen LogP contribution is 2.27. The number of aliphatic carboxylic acids is 1. The van der Waals surface area contributed by atoms with Crippen LogP contribution in [0.4, 0.5) is 0 Å². The largest absolute Gasteiger partial charge is 0.481 e. The summed E-state index contributed by atoms with van der Waals surface area (Å²) in [6.45, 7) is 3.85. The van der Waals surface area contributed by atoms with Crippen LogP contribution in [0.25, 0.3) is 0 Å². The summed E-state index contributed by atoms with van der Waals surface area (Å²) in [4.78, 5) is 11.0. The van der Waals surface area contributed by atoms with Crippen LogP contribution in [0, 0.1) is 5.41 Å². The second kappa shape index (κ2) is 5.19. The molecule has 3 N–H and O–H groups in total. The van der Waals surface area contributed by atoms with Crippen LogP contribution in [0.15, 0.2) is 0 Å². The van der Waals surface area contributed by atoms with Gasteiger partial charge in [0.05, 0.1) is 11.5 Å². The lowest BCUT2D eigenvalue weighted by atomic mass is 9.80. The lowest BCUT2D eigenvalue weighted by Crippen LogP contribution is -2.40. The van der Waals surface area contributed by atoms with Crippen molar-refractivity contribution in [2.45, 2.75) is 32.8 Å². The molecule has 13 heavy (non-hydrogen) atoms. The molecular weight excluding hydrogens is 170 g/mol. The van der Waals surface area contributed by atoms with E-state index in [1.54, 1.807) is 7.11 Å². The van der Waals surface area contributed by atoms with E-state index in [2.05, 4.69) is 0 Å². The zero-order valence-corrected chi connectivity index (χ0v) is 8.54. The zero-order valence-electron chi connectivity index (χ0n) is 8.54. The van der Waals surface area contributed by atoms with Gasteiger partial charge < -0.3 is 15.6 Å². The van der Waals surface area contributed by atoms with E-state index < -0.39 is 11.4 Å². The van der Waals surface area contributed by atoms with Crippen LogP contribution in [0.2, 0.25) is 0 Å². The average Bonchev–Trinajstić information content (AvgIpc) is 2.13. The predicted molar refractivity (Wildman–Crippen MR) is 50.5 cm³/mol. The molecule has 0 spiro atoms. The van der Waals surface area contributed by atoms with Gasteiger partial charge in [-0.15, -0.1) is 0 Å². The molecule has 0 aliphatic heterocycles. The summed E-state index contributed by atoms with van der Waals surface area (Å²) < 4.78 is 5.04. The maximum Gasteiger partial charge on any atom is 0.311 e. The highest BCUT2D eigenvalue weighted by atomic mass is 16.5. The van der Waals surface area contributed by atoms with Gasteiger partial charge in [-0.1, -0.05) is 6.92 Å². The van der Waals surface area contributed by atoms with Gasteiger partial charge in [0.1, 0.15) is 0 Å². The molecule has 0 saturated heterocycles. The average molecular weight is 189 g/mol. The Morgan fingerprint density at radius 2 is 2.23 bits per heavy atom. The van der Waals surface area contributed by atoms with Crippen LogP contribution >= 0.6 is 0 Å². The second-order valence-electron chi connectivity index (χ2n) is 3.39. The quantitative estimate of drug-likeness (QED) is 0.649. The zero-order chi connectivity index (χ0) is 10.5. The number of ether oxygens (including phenoxy) is 1. The lowest BCUT2D eigenvalue weighted by molar-refractivity contribution is -0.150. The fourth-order valence-electron chi connectivity index (χ4n) is 1.33. The second-order valence-corrected chi connectivity index (χ2v) is 3.39. The highest BCUT2D eigenvalue weighted by molar-refractivity contribution is 5.74.